The molecule has 1 heterocycles. The molecule has 3 aromatic rings. The highest BCUT2D eigenvalue weighted by Crippen LogP contribution is 2.28. The van der Waals surface area contributed by atoms with Gasteiger partial charge in [-0.15, -0.1) is 24.0 Å². The van der Waals surface area contributed by atoms with Crippen LogP contribution in [0.4, 0.5) is 5.69 Å². The summed E-state index contributed by atoms with van der Waals surface area (Å²) in [5.74, 6) is 1.01. The van der Waals surface area contributed by atoms with E-state index < -0.39 is 0 Å². The molecule has 0 saturated heterocycles. The van der Waals surface area contributed by atoms with Gasteiger partial charge in [0.15, 0.2) is 0 Å². The number of nitrogens with one attached hydrogen (secondary N) is 1. The fourth-order valence-corrected chi connectivity index (χ4v) is 2.41. The Labute approximate surface area is 162 Å². The molecule has 0 saturated carbocycles. The second kappa shape index (κ2) is 8.61. The largest absolute Gasteiger partial charge is 0.497 e. The number of ether oxygens (including phenoxy) is 2. The Kier molecular flexibility index (Phi) is 6.51. The van der Waals surface area contributed by atoms with Crippen LogP contribution in [0.15, 0.2) is 54.9 Å². The highest BCUT2D eigenvalue weighted by atomic mass is 127. The van der Waals surface area contributed by atoms with Gasteiger partial charge in [0.05, 0.1) is 19.9 Å². The predicted octanol–water partition coefficient (Wildman–Crippen LogP) is 2.80. The van der Waals surface area contributed by atoms with Gasteiger partial charge < -0.3 is 14.8 Å². The van der Waals surface area contributed by atoms with E-state index in [1.54, 1.807) is 43.3 Å². The quantitative estimate of drug-likeness (QED) is 0.478. The van der Waals surface area contributed by atoms with Crippen molar-refractivity contribution in [3.63, 3.8) is 0 Å². The van der Waals surface area contributed by atoms with E-state index >= 15 is 0 Å². The predicted molar refractivity (Wildman–Crippen MR) is 106 cm³/mol. The van der Waals surface area contributed by atoms with Gasteiger partial charge in [-0.25, -0.2) is 0 Å². The molecule has 0 unspecified atom stereocenters. The number of hydrogen-bond donors (Lipinski definition) is 1. The van der Waals surface area contributed by atoms with Gasteiger partial charge in [-0.2, -0.15) is 0 Å². The molecule has 1 aromatic heterocycles. The van der Waals surface area contributed by atoms with Crippen molar-refractivity contribution in [3.05, 3.63) is 54.9 Å². The number of carbonyl (C=O) groups is 1. The number of fused-ring (bicyclic) bond motifs is 1. The maximum Gasteiger partial charge on any atom is 0.292 e. The van der Waals surface area contributed by atoms with Crippen LogP contribution in [0.25, 0.3) is 10.8 Å². The summed E-state index contributed by atoms with van der Waals surface area (Å²) in [5.41, 5.74) is 0.559. The van der Waals surface area contributed by atoms with Crippen LogP contribution >= 0.6 is 24.0 Å². The number of halogens is 1. The van der Waals surface area contributed by atoms with Gasteiger partial charge in [-0.05, 0) is 23.3 Å². The average molecular weight is 452 g/mol. The topological polar surface area (TPSA) is 64.3 Å². The highest BCUT2D eigenvalue weighted by molar-refractivity contribution is 14.0. The maximum absolute atomic E-state index is 12.3. The molecule has 0 aliphatic carbocycles. The molecule has 6 nitrogen and oxygen atoms in total. The van der Waals surface area contributed by atoms with Crippen molar-refractivity contribution in [2.24, 2.45) is 0 Å². The van der Waals surface area contributed by atoms with E-state index in [0.717, 1.165) is 10.8 Å². The fourth-order valence-electron chi connectivity index (χ4n) is 2.41. The Balaban J connectivity index is 0.00000225. The van der Waals surface area contributed by atoms with Crippen LogP contribution in [0.3, 0.4) is 0 Å². The summed E-state index contributed by atoms with van der Waals surface area (Å²) in [6, 6.07) is 13.1. The number of nitrogens with zero attached hydrogens (tertiary/aromatic N) is 2. The van der Waals surface area contributed by atoms with E-state index in [0.29, 0.717) is 17.2 Å². The van der Waals surface area contributed by atoms with Gasteiger partial charge in [0, 0.05) is 16.8 Å². The minimum absolute atomic E-state index is 0. The number of methoxy groups -OCH3 is 2. The molecular formula is C18H19IN3O3+. The van der Waals surface area contributed by atoms with Gasteiger partial charge in [0.2, 0.25) is 6.20 Å². The summed E-state index contributed by atoms with van der Waals surface area (Å²) in [6.07, 6.45) is 3.59. The third kappa shape index (κ3) is 4.56. The van der Waals surface area contributed by atoms with Gasteiger partial charge in [0.25, 0.3) is 12.5 Å². The smallest absolute Gasteiger partial charge is 0.292 e. The van der Waals surface area contributed by atoms with Crippen LogP contribution in [-0.4, -0.2) is 25.2 Å². The molecule has 3 rings (SSSR count). The molecule has 0 atom stereocenters. The van der Waals surface area contributed by atoms with Gasteiger partial charge in [-0.1, -0.05) is 22.9 Å². The molecule has 25 heavy (non-hydrogen) atoms. The van der Waals surface area contributed by atoms with Crippen LogP contribution in [0.5, 0.6) is 11.5 Å². The Morgan fingerprint density at radius 1 is 1.12 bits per heavy atom. The molecule has 1 N–H and O–H groups in total. The molecule has 0 radical (unpaired) electrons. The normalized spacial score (nSPS) is 10.0. The summed E-state index contributed by atoms with van der Waals surface area (Å²) in [4.78, 5) is 12.3. The second-order valence-electron chi connectivity index (χ2n) is 5.21. The third-order valence-corrected chi connectivity index (χ3v) is 3.62. The molecule has 7 heteroatoms. The van der Waals surface area contributed by atoms with Crippen molar-refractivity contribution in [2.45, 2.75) is 6.54 Å². The molecule has 0 bridgehead atoms. The lowest BCUT2D eigenvalue weighted by atomic mass is 10.2. The van der Waals surface area contributed by atoms with Crippen molar-refractivity contribution >= 4 is 46.3 Å². The zero-order valence-corrected chi connectivity index (χ0v) is 16.3. The first-order valence-electron chi connectivity index (χ1n) is 7.46. The zero-order valence-electron chi connectivity index (χ0n) is 13.9. The monoisotopic (exact) mass is 452 g/mol. The minimum Gasteiger partial charge on any atom is -0.497 e. The van der Waals surface area contributed by atoms with Crippen LogP contribution in [0.1, 0.15) is 0 Å². The first-order chi connectivity index (χ1) is 11.7. The van der Waals surface area contributed by atoms with Gasteiger partial charge in [0.1, 0.15) is 17.7 Å². The van der Waals surface area contributed by atoms with E-state index in [-0.39, 0.29) is 36.4 Å². The lowest BCUT2D eigenvalue weighted by Gasteiger charge is -2.10. The first kappa shape index (κ1) is 18.9. The Morgan fingerprint density at radius 3 is 2.60 bits per heavy atom. The summed E-state index contributed by atoms with van der Waals surface area (Å²) < 4.78 is 12.0. The van der Waals surface area contributed by atoms with Crippen LogP contribution in [-0.2, 0) is 11.3 Å². The van der Waals surface area contributed by atoms with E-state index in [9.17, 15) is 4.79 Å². The van der Waals surface area contributed by atoms with E-state index in [2.05, 4.69) is 10.4 Å². The molecule has 130 valence electrons. The lowest BCUT2D eigenvalue weighted by molar-refractivity contribution is -0.740. The minimum atomic E-state index is -0.200. The van der Waals surface area contributed by atoms with E-state index in [1.165, 1.54) is 0 Å². The number of carbonyl (C=O) groups excluding carboxylic acids is 1. The van der Waals surface area contributed by atoms with Crippen molar-refractivity contribution in [2.75, 3.05) is 19.5 Å². The van der Waals surface area contributed by atoms with Crippen molar-refractivity contribution in [1.29, 1.82) is 0 Å². The first-order valence-corrected chi connectivity index (χ1v) is 7.46. The zero-order chi connectivity index (χ0) is 16.9. The number of rotatable bonds is 5. The van der Waals surface area contributed by atoms with Gasteiger partial charge >= 0.3 is 0 Å². The molecule has 0 spiro atoms. The fraction of sp³-hybridized carbons (Fsp3) is 0.167. The summed E-state index contributed by atoms with van der Waals surface area (Å²) >= 11 is 0. The number of amides is 1. The summed E-state index contributed by atoms with van der Waals surface area (Å²) in [7, 11) is 3.12. The van der Waals surface area contributed by atoms with Gasteiger partial charge in [-0.3, -0.25) is 4.79 Å². The molecule has 0 aliphatic rings. The number of hydrogen-bond acceptors (Lipinski definition) is 4. The molecule has 1 amide bonds. The van der Waals surface area contributed by atoms with Crippen LogP contribution in [0.2, 0.25) is 0 Å². The average Bonchev–Trinajstić information content (AvgIpc) is 2.61. The van der Waals surface area contributed by atoms with Crippen LogP contribution < -0.4 is 19.5 Å². The van der Waals surface area contributed by atoms with E-state index in [1.807, 2.05) is 30.5 Å². The van der Waals surface area contributed by atoms with Crippen LogP contribution in [0, 0.1) is 0 Å². The molecular weight excluding hydrogens is 433 g/mol. The Hall–Kier alpha value is -2.42. The van der Waals surface area contributed by atoms with Crippen molar-refractivity contribution in [1.82, 2.24) is 5.10 Å². The molecule has 2 aromatic carbocycles. The van der Waals surface area contributed by atoms with Crippen molar-refractivity contribution in [3.8, 4) is 11.5 Å². The maximum atomic E-state index is 12.3. The second-order valence-corrected chi connectivity index (χ2v) is 5.21. The van der Waals surface area contributed by atoms with Crippen molar-refractivity contribution < 1.29 is 19.0 Å². The standard InChI is InChI=1S/C18H17N3O3.HI/c1-23-15-7-8-17(24-2)16(9-15)20-18(22)12-21-11-14-6-4-3-5-13(14)10-19-21;/h3-11H,12H2,1-2H3;1H/p+1. The number of aromatic nitrogens is 2. The number of benzene rings is 2. The lowest BCUT2D eigenvalue weighted by Crippen LogP contribution is -2.43. The highest BCUT2D eigenvalue weighted by Gasteiger charge is 2.15. The summed E-state index contributed by atoms with van der Waals surface area (Å²) in [6.45, 7) is 0.102. The SMILES string of the molecule is COc1ccc(OC)c(NC(=O)C[n+]2cc3ccccc3cn2)c1.I. The molecule has 0 aliphatic heterocycles. The number of anilines is 1. The third-order valence-electron chi connectivity index (χ3n) is 3.62. The Morgan fingerprint density at radius 2 is 1.88 bits per heavy atom. The van der Waals surface area contributed by atoms with E-state index in [4.69, 9.17) is 9.47 Å². The summed E-state index contributed by atoms with van der Waals surface area (Å²) in [5, 5.41) is 9.15. The molecule has 0 fully saturated rings. The Bertz CT molecular complexity index is 886.